The van der Waals surface area contributed by atoms with E-state index in [-0.39, 0.29) is 6.04 Å². The molecule has 0 aliphatic rings. The highest BCUT2D eigenvalue weighted by Gasteiger charge is 2.19. The fourth-order valence-corrected chi connectivity index (χ4v) is 2.92. The topological polar surface area (TPSA) is 21.3 Å². The van der Waals surface area contributed by atoms with Crippen molar-refractivity contribution in [1.82, 2.24) is 5.32 Å². The Kier molecular flexibility index (Phi) is 5.15. The average Bonchev–Trinajstić information content (AvgIpc) is 2.45. The van der Waals surface area contributed by atoms with Gasteiger partial charge in [0.15, 0.2) is 0 Å². The number of hydrogen-bond acceptors (Lipinski definition) is 2. The predicted octanol–water partition coefficient (Wildman–Crippen LogP) is 4.93. The minimum atomic E-state index is -0.00498. The van der Waals surface area contributed by atoms with Crippen LogP contribution in [0, 0.1) is 13.8 Å². The lowest BCUT2D eigenvalue weighted by Crippen LogP contribution is -2.19. The summed E-state index contributed by atoms with van der Waals surface area (Å²) in [6.07, 6.45) is 0. The van der Waals surface area contributed by atoms with Gasteiger partial charge in [0.2, 0.25) is 0 Å². The standard InChI is InChI=1S/C17H19Cl2NO/c1-10-8-15(19)11(2)7-13(10)17(20-3)14-9-12(18)5-6-16(14)21-4/h5-9,17,20H,1-4H3. The summed E-state index contributed by atoms with van der Waals surface area (Å²) in [6.45, 7) is 4.06. The molecule has 0 aliphatic heterocycles. The SMILES string of the molecule is CNC(c1cc(C)c(Cl)cc1C)c1cc(Cl)ccc1OC. The van der Waals surface area contributed by atoms with Crippen LogP contribution in [0.5, 0.6) is 5.75 Å². The molecule has 1 N–H and O–H groups in total. The summed E-state index contributed by atoms with van der Waals surface area (Å²) in [6, 6.07) is 9.75. The summed E-state index contributed by atoms with van der Waals surface area (Å²) in [7, 11) is 3.59. The van der Waals surface area contributed by atoms with Crippen LogP contribution in [0.2, 0.25) is 10.0 Å². The third kappa shape index (κ3) is 3.34. The Balaban J connectivity index is 2.59. The molecular weight excluding hydrogens is 305 g/mol. The van der Waals surface area contributed by atoms with Crippen LogP contribution in [-0.4, -0.2) is 14.2 Å². The van der Waals surface area contributed by atoms with Gasteiger partial charge in [-0.3, -0.25) is 0 Å². The van der Waals surface area contributed by atoms with Crippen LogP contribution in [0.1, 0.15) is 28.3 Å². The first-order valence-corrected chi connectivity index (χ1v) is 7.51. The Labute approximate surface area is 136 Å². The molecule has 0 aliphatic carbocycles. The second kappa shape index (κ2) is 6.69. The zero-order valence-corrected chi connectivity index (χ0v) is 14.1. The van der Waals surface area contributed by atoms with E-state index >= 15 is 0 Å². The van der Waals surface area contributed by atoms with Crippen molar-refractivity contribution >= 4 is 23.2 Å². The smallest absolute Gasteiger partial charge is 0.124 e. The highest BCUT2D eigenvalue weighted by Crippen LogP contribution is 2.35. The largest absolute Gasteiger partial charge is 0.496 e. The molecule has 2 rings (SSSR count). The van der Waals surface area contributed by atoms with Crippen LogP contribution < -0.4 is 10.1 Å². The molecule has 0 radical (unpaired) electrons. The summed E-state index contributed by atoms with van der Waals surface area (Å²) >= 11 is 12.4. The van der Waals surface area contributed by atoms with E-state index in [1.165, 1.54) is 5.56 Å². The Morgan fingerprint density at radius 1 is 1.00 bits per heavy atom. The summed E-state index contributed by atoms with van der Waals surface area (Å²) < 4.78 is 5.47. The number of hydrogen-bond donors (Lipinski definition) is 1. The molecule has 21 heavy (non-hydrogen) atoms. The lowest BCUT2D eigenvalue weighted by Gasteiger charge is -2.22. The van der Waals surface area contributed by atoms with Gasteiger partial charge in [0, 0.05) is 15.6 Å². The van der Waals surface area contributed by atoms with Gasteiger partial charge in [0.05, 0.1) is 13.2 Å². The van der Waals surface area contributed by atoms with Gasteiger partial charge >= 0.3 is 0 Å². The zero-order chi connectivity index (χ0) is 15.6. The maximum atomic E-state index is 6.20. The fraction of sp³-hybridized carbons (Fsp3) is 0.294. The maximum absolute atomic E-state index is 6.20. The van der Waals surface area contributed by atoms with Crippen LogP contribution in [-0.2, 0) is 0 Å². The Hall–Kier alpha value is -1.22. The molecule has 0 heterocycles. The Bertz CT molecular complexity index is 655. The molecule has 0 spiro atoms. The first kappa shape index (κ1) is 16.2. The summed E-state index contributed by atoms with van der Waals surface area (Å²) in [5.41, 5.74) is 4.36. The number of aryl methyl sites for hydroxylation is 2. The van der Waals surface area contributed by atoms with E-state index in [9.17, 15) is 0 Å². The molecule has 2 aromatic rings. The van der Waals surface area contributed by atoms with Crippen molar-refractivity contribution in [3.8, 4) is 5.75 Å². The van der Waals surface area contributed by atoms with Crippen molar-refractivity contribution in [3.63, 3.8) is 0 Å². The average molecular weight is 324 g/mol. The van der Waals surface area contributed by atoms with Crippen LogP contribution in [0.3, 0.4) is 0 Å². The summed E-state index contributed by atoms with van der Waals surface area (Å²) in [4.78, 5) is 0. The van der Waals surface area contributed by atoms with Crippen molar-refractivity contribution in [2.45, 2.75) is 19.9 Å². The van der Waals surface area contributed by atoms with Crippen LogP contribution in [0.4, 0.5) is 0 Å². The molecule has 0 saturated carbocycles. The van der Waals surface area contributed by atoms with Crippen LogP contribution in [0.15, 0.2) is 30.3 Å². The molecule has 0 amide bonds. The van der Waals surface area contributed by atoms with E-state index in [4.69, 9.17) is 27.9 Å². The van der Waals surface area contributed by atoms with Gasteiger partial charge in [0.1, 0.15) is 5.75 Å². The molecule has 0 saturated heterocycles. The number of nitrogens with one attached hydrogen (secondary N) is 1. The van der Waals surface area contributed by atoms with E-state index < -0.39 is 0 Å². The molecule has 0 bridgehead atoms. The second-order valence-corrected chi connectivity index (χ2v) is 5.91. The van der Waals surface area contributed by atoms with Gasteiger partial charge in [-0.15, -0.1) is 0 Å². The van der Waals surface area contributed by atoms with Crippen molar-refractivity contribution < 1.29 is 4.74 Å². The molecule has 0 fully saturated rings. The number of ether oxygens (including phenoxy) is 1. The third-order valence-electron chi connectivity index (χ3n) is 3.65. The lowest BCUT2D eigenvalue weighted by molar-refractivity contribution is 0.405. The first-order valence-electron chi connectivity index (χ1n) is 6.75. The van der Waals surface area contributed by atoms with Crippen molar-refractivity contribution in [2.75, 3.05) is 14.2 Å². The quantitative estimate of drug-likeness (QED) is 0.861. The zero-order valence-electron chi connectivity index (χ0n) is 12.6. The minimum absolute atomic E-state index is 0.00498. The third-order valence-corrected chi connectivity index (χ3v) is 4.29. The second-order valence-electron chi connectivity index (χ2n) is 5.07. The minimum Gasteiger partial charge on any atom is -0.496 e. The van der Waals surface area contributed by atoms with E-state index in [0.717, 1.165) is 27.5 Å². The van der Waals surface area contributed by atoms with Gasteiger partial charge in [-0.25, -0.2) is 0 Å². The number of benzene rings is 2. The van der Waals surface area contributed by atoms with Gasteiger partial charge in [0.25, 0.3) is 0 Å². The molecule has 2 nitrogen and oxygen atoms in total. The predicted molar refractivity (Wildman–Crippen MR) is 89.8 cm³/mol. The Morgan fingerprint density at radius 2 is 1.71 bits per heavy atom. The molecule has 112 valence electrons. The molecular formula is C17H19Cl2NO. The van der Waals surface area contributed by atoms with Gasteiger partial charge in [-0.05, 0) is 61.9 Å². The molecule has 4 heteroatoms. The van der Waals surface area contributed by atoms with Crippen molar-refractivity contribution in [1.29, 1.82) is 0 Å². The summed E-state index contributed by atoms with van der Waals surface area (Å²) in [5.74, 6) is 0.811. The van der Waals surface area contributed by atoms with Crippen molar-refractivity contribution in [2.24, 2.45) is 0 Å². The van der Waals surface area contributed by atoms with Gasteiger partial charge < -0.3 is 10.1 Å². The van der Waals surface area contributed by atoms with E-state index in [1.54, 1.807) is 7.11 Å². The maximum Gasteiger partial charge on any atom is 0.124 e. The first-order chi connectivity index (χ1) is 9.97. The van der Waals surface area contributed by atoms with E-state index in [2.05, 4.69) is 18.3 Å². The van der Waals surface area contributed by atoms with Gasteiger partial charge in [-0.2, -0.15) is 0 Å². The normalized spacial score (nSPS) is 12.3. The number of methoxy groups -OCH3 is 1. The summed E-state index contributed by atoms with van der Waals surface area (Å²) in [5, 5.41) is 4.81. The number of rotatable bonds is 4. The lowest BCUT2D eigenvalue weighted by atomic mass is 9.93. The monoisotopic (exact) mass is 323 g/mol. The van der Waals surface area contributed by atoms with Crippen LogP contribution in [0.25, 0.3) is 0 Å². The molecule has 2 aromatic carbocycles. The van der Waals surface area contributed by atoms with Crippen molar-refractivity contribution in [3.05, 3.63) is 62.6 Å². The Morgan fingerprint density at radius 3 is 2.33 bits per heavy atom. The molecule has 1 atom stereocenters. The van der Waals surface area contributed by atoms with E-state index in [1.807, 2.05) is 38.2 Å². The van der Waals surface area contributed by atoms with Crippen LogP contribution >= 0.6 is 23.2 Å². The van der Waals surface area contributed by atoms with E-state index in [0.29, 0.717) is 5.02 Å². The number of halogens is 2. The van der Waals surface area contributed by atoms with Gasteiger partial charge in [-0.1, -0.05) is 29.3 Å². The molecule has 0 aromatic heterocycles. The molecule has 1 unspecified atom stereocenters. The fourth-order valence-electron chi connectivity index (χ4n) is 2.52. The highest BCUT2D eigenvalue weighted by atomic mass is 35.5. The highest BCUT2D eigenvalue weighted by molar-refractivity contribution is 6.31.